The third kappa shape index (κ3) is 2.71. The molecule has 0 atom stereocenters. The van der Waals surface area contributed by atoms with Crippen LogP contribution in [0.3, 0.4) is 0 Å². The summed E-state index contributed by atoms with van der Waals surface area (Å²) in [5, 5.41) is 0.391. The minimum Gasteiger partial charge on any atom is -0.328 e. The number of hydrogen-bond acceptors (Lipinski definition) is 3. The summed E-state index contributed by atoms with van der Waals surface area (Å²) in [5.41, 5.74) is 2.61. The molecule has 3 aromatic rings. The minimum atomic E-state index is 0.391. The molecule has 0 aliphatic heterocycles. The van der Waals surface area contributed by atoms with Crippen molar-refractivity contribution in [1.82, 2.24) is 19.5 Å². The summed E-state index contributed by atoms with van der Waals surface area (Å²) in [6.07, 6.45) is 3.51. The van der Waals surface area contributed by atoms with Crippen molar-refractivity contribution < 1.29 is 0 Å². The average Bonchev–Trinajstić information content (AvgIpc) is 2.99. The lowest BCUT2D eigenvalue weighted by atomic mass is 10.1. The fourth-order valence-electron chi connectivity index (χ4n) is 2.08. The van der Waals surface area contributed by atoms with E-state index in [0.717, 1.165) is 23.5 Å². The molecule has 0 amide bonds. The zero-order valence-electron chi connectivity index (χ0n) is 11.3. The smallest absolute Gasteiger partial charge is 0.179 e. The summed E-state index contributed by atoms with van der Waals surface area (Å²) >= 11 is 9.72. The lowest BCUT2D eigenvalue weighted by molar-refractivity contribution is 0.763. The van der Waals surface area contributed by atoms with E-state index >= 15 is 0 Å². The second-order valence-electron chi connectivity index (χ2n) is 4.43. The molecule has 0 N–H and O–H groups in total. The van der Waals surface area contributed by atoms with Gasteiger partial charge >= 0.3 is 0 Å². The quantitative estimate of drug-likeness (QED) is 0.646. The van der Waals surface area contributed by atoms with Gasteiger partial charge in [0.2, 0.25) is 0 Å². The van der Waals surface area contributed by atoms with Gasteiger partial charge in [0.15, 0.2) is 5.82 Å². The highest BCUT2D eigenvalue weighted by Crippen LogP contribution is 2.33. The van der Waals surface area contributed by atoms with E-state index in [9.17, 15) is 0 Å². The molecule has 0 bridgehead atoms. The van der Waals surface area contributed by atoms with Crippen LogP contribution in [0.1, 0.15) is 6.92 Å². The molecule has 1 aromatic carbocycles. The van der Waals surface area contributed by atoms with Crippen LogP contribution in [0.25, 0.3) is 22.8 Å². The summed E-state index contributed by atoms with van der Waals surface area (Å²) < 4.78 is 2.68. The number of aryl methyl sites for hydroxylation is 1. The van der Waals surface area contributed by atoms with Crippen LogP contribution in [0, 0.1) is 0 Å². The maximum Gasteiger partial charge on any atom is 0.179 e. The van der Waals surface area contributed by atoms with Crippen LogP contribution in [0.15, 0.2) is 47.3 Å². The number of halogens is 2. The topological polar surface area (TPSA) is 43.6 Å². The third-order valence-electron chi connectivity index (χ3n) is 3.14. The number of nitrogens with zero attached hydrogens (tertiary/aromatic N) is 4. The van der Waals surface area contributed by atoms with Gasteiger partial charge in [0.25, 0.3) is 0 Å². The van der Waals surface area contributed by atoms with Gasteiger partial charge < -0.3 is 4.57 Å². The van der Waals surface area contributed by atoms with Gasteiger partial charge in [0.05, 0.1) is 22.7 Å². The molecule has 0 radical (unpaired) electrons. The molecule has 2 aromatic heterocycles. The van der Waals surface area contributed by atoms with Crippen molar-refractivity contribution >= 4 is 27.5 Å². The van der Waals surface area contributed by atoms with E-state index in [0.29, 0.717) is 15.5 Å². The van der Waals surface area contributed by atoms with E-state index in [4.69, 9.17) is 11.6 Å². The van der Waals surface area contributed by atoms with Crippen molar-refractivity contribution in [2.24, 2.45) is 0 Å². The number of rotatable bonds is 3. The van der Waals surface area contributed by atoms with Crippen molar-refractivity contribution in [2.45, 2.75) is 13.5 Å². The Morgan fingerprint density at radius 1 is 1.19 bits per heavy atom. The summed E-state index contributed by atoms with van der Waals surface area (Å²) in [4.78, 5) is 13.2. The second-order valence-corrected chi connectivity index (χ2v) is 5.58. The first-order valence-electron chi connectivity index (χ1n) is 6.49. The van der Waals surface area contributed by atoms with Crippen molar-refractivity contribution in [3.05, 3.63) is 52.5 Å². The molecule has 0 saturated carbocycles. The standard InChI is InChI=1S/C15H12BrClN4/c1-2-21-9-18-8-11(21)15-19-13(12(16)14(17)20-15)10-6-4-3-5-7-10/h3-9H,2H2,1H3. The largest absolute Gasteiger partial charge is 0.328 e. The Bertz CT molecular complexity index is 771. The van der Waals surface area contributed by atoms with Crippen LogP contribution in [0.2, 0.25) is 5.15 Å². The zero-order valence-corrected chi connectivity index (χ0v) is 13.6. The van der Waals surface area contributed by atoms with E-state index in [1.807, 2.05) is 41.8 Å². The van der Waals surface area contributed by atoms with Gasteiger partial charge in [-0.15, -0.1) is 0 Å². The number of benzene rings is 1. The van der Waals surface area contributed by atoms with Gasteiger partial charge in [-0.25, -0.2) is 15.0 Å². The van der Waals surface area contributed by atoms with Crippen molar-refractivity contribution in [2.75, 3.05) is 0 Å². The molecule has 0 fully saturated rings. The molecule has 0 spiro atoms. The summed E-state index contributed by atoms with van der Waals surface area (Å²) in [7, 11) is 0. The SMILES string of the molecule is CCn1cncc1-c1nc(Cl)c(Br)c(-c2ccccc2)n1. The summed E-state index contributed by atoms with van der Waals surface area (Å²) in [6.45, 7) is 2.84. The van der Waals surface area contributed by atoms with E-state index in [1.165, 1.54) is 0 Å². The fraction of sp³-hybridized carbons (Fsp3) is 0.133. The van der Waals surface area contributed by atoms with Crippen molar-refractivity contribution in [1.29, 1.82) is 0 Å². The molecule has 21 heavy (non-hydrogen) atoms. The molecule has 4 nitrogen and oxygen atoms in total. The van der Waals surface area contributed by atoms with Crippen LogP contribution in [-0.4, -0.2) is 19.5 Å². The molecule has 0 aliphatic rings. The zero-order chi connectivity index (χ0) is 14.8. The molecular formula is C15H12BrClN4. The molecule has 0 unspecified atom stereocenters. The molecule has 0 saturated heterocycles. The first kappa shape index (κ1) is 14.2. The summed E-state index contributed by atoms with van der Waals surface area (Å²) in [5.74, 6) is 0.571. The molecule has 6 heteroatoms. The molecule has 3 rings (SSSR count). The van der Waals surface area contributed by atoms with Crippen molar-refractivity contribution in [3.63, 3.8) is 0 Å². The Morgan fingerprint density at radius 3 is 2.67 bits per heavy atom. The van der Waals surface area contributed by atoms with Crippen LogP contribution < -0.4 is 0 Å². The number of imidazole rings is 1. The molecular weight excluding hydrogens is 352 g/mol. The Balaban J connectivity index is 2.19. The highest BCUT2D eigenvalue weighted by molar-refractivity contribution is 9.10. The molecule has 0 aliphatic carbocycles. The average molecular weight is 364 g/mol. The fourth-order valence-corrected chi connectivity index (χ4v) is 2.66. The summed E-state index contributed by atoms with van der Waals surface area (Å²) in [6, 6.07) is 9.88. The highest BCUT2D eigenvalue weighted by atomic mass is 79.9. The lowest BCUT2D eigenvalue weighted by Gasteiger charge is -2.09. The maximum atomic E-state index is 6.25. The van der Waals surface area contributed by atoms with Crippen LogP contribution in [0.5, 0.6) is 0 Å². The second kappa shape index (κ2) is 5.95. The lowest BCUT2D eigenvalue weighted by Crippen LogP contribution is -2.01. The highest BCUT2D eigenvalue weighted by Gasteiger charge is 2.15. The monoisotopic (exact) mass is 362 g/mol. The van der Waals surface area contributed by atoms with E-state index < -0.39 is 0 Å². The predicted molar refractivity (Wildman–Crippen MR) is 87.1 cm³/mol. The molecule has 2 heterocycles. The molecule has 106 valence electrons. The van der Waals surface area contributed by atoms with Crippen molar-refractivity contribution in [3.8, 4) is 22.8 Å². The van der Waals surface area contributed by atoms with Crippen LogP contribution >= 0.6 is 27.5 Å². The number of aromatic nitrogens is 4. The first-order valence-corrected chi connectivity index (χ1v) is 7.66. The first-order chi connectivity index (χ1) is 10.2. The van der Waals surface area contributed by atoms with E-state index in [2.05, 4.69) is 30.9 Å². The Hall–Kier alpha value is -1.72. The van der Waals surface area contributed by atoms with Crippen LogP contribution in [-0.2, 0) is 6.54 Å². The van der Waals surface area contributed by atoms with Gasteiger partial charge in [-0.1, -0.05) is 41.9 Å². The predicted octanol–water partition coefficient (Wildman–Crippen LogP) is 4.44. The van der Waals surface area contributed by atoms with Crippen LogP contribution in [0.4, 0.5) is 0 Å². The van der Waals surface area contributed by atoms with E-state index in [1.54, 1.807) is 12.5 Å². The minimum absolute atomic E-state index is 0.391. The Labute approximate surface area is 136 Å². The van der Waals surface area contributed by atoms with Gasteiger partial charge in [-0.3, -0.25) is 0 Å². The van der Waals surface area contributed by atoms with Gasteiger partial charge in [-0.05, 0) is 22.9 Å². The van der Waals surface area contributed by atoms with Gasteiger partial charge in [0.1, 0.15) is 10.8 Å². The van der Waals surface area contributed by atoms with Gasteiger partial charge in [-0.2, -0.15) is 0 Å². The Morgan fingerprint density at radius 2 is 1.95 bits per heavy atom. The maximum absolute atomic E-state index is 6.25. The Kier molecular flexibility index (Phi) is 4.03. The van der Waals surface area contributed by atoms with Gasteiger partial charge in [0, 0.05) is 12.1 Å². The normalized spacial score (nSPS) is 10.8. The van der Waals surface area contributed by atoms with E-state index in [-0.39, 0.29) is 0 Å². The third-order valence-corrected chi connectivity index (χ3v) is 4.39. The number of hydrogen-bond donors (Lipinski definition) is 0.